The van der Waals surface area contributed by atoms with E-state index in [1.54, 1.807) is 17.5 Å². The molecule has 0 bridgehead atoms. The highest BCUT2D eigenvalue weighted by molar-refractivity contribution is 7.98. The minimum atomic E-state index is -0.182. The third-order valence-corrected chi connectivity index (χ3v) is 5.94. The predicted molar refractivity (Wildman–Crippen MR) is 88.2 cm³/mol. The maximum Gasteiger partial charge on any atom is 0.267 e. The monoisotopic (exact) mass is 336 g/mol. The van der Waals surface area contributed by atoms with Crippen LogP contribution < -0.4 is 5.32 Å². The number of hydrogen-bond donors (Lipinski definition) is 2. The first-order valence-electron chi connectivity index (χ1n) is 6.32. The zero-order chi connectivity index (χ0) is 14.7. The number of fused-ring (bicyclic) bond motifs is 1. The standard InChI is InChI=1S/C14H12N2O2S3/c17-4-1-2-10-7-15-14(20-10)16-13(18)12-6-9-8-19-5-3-11(9)21-12/h6-7,17H,3-5,8H2,(H,15,16,18). The molecule has 3 rings (SSSR count). The molecule has 2 N–H and O–H groups in total. The van der Waals surface area contributed by atoms with E-state index in [4.69, 9.17) is 5.11 Å². The molecular weight excluding hydrogens is 324 g/mol. The number of anilines is 1. The number of aliphatic hydroxyl groups excluding tert-OH is 1. The van der Waals surface area contributed by atoms with Crippen molar-refractivity contribution < 1.29 is 9.90 Å². The Balaban J connectivity index is 1.71. The van der Waals surface area contributed by atoms with Gasteiger partial charge in [-0.2, -0.15) is 11.8 Å². The van der Waals surface area contributed by atoms with E-state index in [9.17, 15) is 4.79 Å². The van der Waals surface area contributed by atoms with Gasteiger partial charge in [0.15, 0.2) is 5.13 Å². The maximum absolute atomic E-state index is 12.2. The molecule has 0 aromatic carbocycles. The Morgan fingerprint density at radius 1 is 1.48 bits per heavy atom. The number of aromatic nitrogens is 1. The summed E-state index contributed by atoms with van der Waals surface area (Å²) >= 11 is 4.78. The van der Waals surface area contributed by atoms with Gasteiger partial charge in [-0.25, -0.2) is 4.98 Å². The molecule has 0 atom stereocenters. The minimum absolute atomic E-state index is 0.115. The molecule has 1 amide bonds. The van der Waals surface area contributed by atoms with Gasteiger partial charge in [-0.05, 0) is 23.8 Å². The first-order valence-corrected chi connectivity index (χ1v) is 9.11. The van der Waals surface area contributed by atoms with Crippen molar-refractivity contribution in [1.82, 2.24) is 4.98 Å². The second kappa shape index (κ2) is 6.62. The number of nitrogens with one attached hydrogen (secondary N) is 1. The van der Waals surface area contributed by atoms with Crippen molar-refractivity contribution in [2.24, 2.45) is 0 Å². The Hall–Kier alpha value is -1.33. The van der Waals surface area contributed by atoms with E-state index < -0.39 is 0 Å². The maximum atomic E-state index is 12.2. The molecule has 0 aliphatic carbocycles. The quantitative estimate of drug-likeness (QED) is 0.828. The van der Waals surface area contributed by atoms with Crippen LogP contribution in [0.25, 0.3) is 0 Å². The number of carbonyl (C=O) groups is 1. The second-order valence-electron chi connectivity index (χ2n) is 4.31. The molecule has 108 valence electrons. The summed E-state index contributed by atoms with van der Waals surface area (Å²) in [5.74, 6) is 7.35. The van der Waals surface area contributed by atoms with Crippen LogP contribution in [-0.2, 0) is 12.2 Å². The Bertz CT molecular complexity index is 701. The number of thiazole rings is 1. The largest absolute Gasteiger partial charge is 0.384 e. The lowest BCUT2D eigenvalue weighted by molar-refractivity contribution is 0.103. The first-order chi connectivity index (χ1) is 10.3. The summed E-state index contributed by atoms with van der Waals surface area (Å²) in [7, 11) is 0. The van der Waals surface area contributed by atoms with E-state index in [1.165, 1.54) is 21.8 Å². The highest BCUT2D eigenvalue weighted by atomic mass is 32.2. The smallest absolute Gasteiger partial charge is 0.267 e. The average molecular weight is 336 g/mol. The number of rotatable bonds is 2. The van der Waals surface area contributed by atoms with Gasteiger partial charge in [0, 0.05) is 10.6 Å². The zero-order valence-corrected chi connectivity index (χ0v) is 13.5. The molecule has 0 spiro atoms. The molecule has 0 fully saturated rings. The fraction of sp³-hybridized carbons (Fsp3) is 0.286. The summed E-state index contributed by atoms with van der Waals surface area (Å²) in [4.78, 5) is 19.1. The van der Waals surface area contributed by atoms with Crippen molar-refractivity contribution in [3.8, 4) is 11.8 Å². The number of amides is 1. The summed E-state index contributed by atoms with van der Waals surface area (Å²) < 4.78 is 0. The summed E-state index contributed by atoms with van der Waals surface area (Å²) in [5.41, 5.74) is 1.29. The third kappa shape index (κ3) is 3.47. The van der Waals surface area contributed by atoms with Crippen LogP contribution >= 0.6 is 34.4 Å². The van der Waals surface area contributed by atoms with Gasteiger partial charge >= 0.3 is 0 Å². The molecule has 7 heteroatoms. The summed E-state index contributed by atoms with van der Waals surface area (Å²) in [5, 5.41) is 12.0. The van der Waals surface area contributed by atoms with Crippen LogP contribution in [0.2, 0.25) is 0 Å². The molecule has 0 saturated carbocycles. The van der Waals surface area contributed by atoms with Crippen molar-refractivity contribution in [3.05, 3.63) is 32.5 Å². The van der Waals surface area contributed by atoms with E-state index in [1.807, 2.05) is 17.8 Å². The lowest BCUT2D eigenvalue weighted by atomic mass is 10.2. The topological polar surface area (TPSA) is 62.2 Å². The molecule has 0 radical (unpaired) electrons. The Kier molecular flexibility index (Phi) is 4.60. The average Bonchev–Trinajstić information content (AvgIpc) is 3.11. The van der Waals surface area contributed by atoms with Crippen molar-refractivity contribution in [2.45, 2.75) is 12.2 Å². The Labute approximate surface area is 134 Å². The van der Waals surface area contributed by atoms with Gasteiger partial charge in [-0.15, -0.1) is 11.3 Å². The van der Waals surface area contributed by atoms with Crippen LogP contribution in [0, 0.1) is 11.8 Å². The number of carbonyl (C=O) groups excluding carboxylic acids is 1. The van der Waals surface area contributed by atoms with E-state index >= 15 is 0 Å². The highest BCUT2D eigenvalue weighted by Crippen LogP contribution is 2.32. The van der Waals surface area contributed by atoms with Crippen LogP contribution in [0.1, 0.15) is 25.0 Å². The number of hydrogen-bond acceptors (Lipinski definition) is 6. The van der Waals surface area contributed by atoms with E-state index in [0.29, 0.717) is 5.13 Å². The minimum Gasteiger partial charge on any atom is -0.384 e. The zero-order valence-electron chi connectivity index (χ0n) is 11.0. The first kappa shape index (κ1) is 14.6. The Morgan fingerprint density at radius 2 is 2.38 bits per heavy atom. The van der Waals surface area contributed by atoms with Crippen molar-refractivity contribution >= 4 is 45.5 Å². The summed E-state index contributed by atoms with van der Waals surface area (Å²) in [6.07, 6.45) is 2.65. The van der Waals surface area contributed by atoms with Gasteiger partial charge < -0.3 is 5.11 Å². The molecule has 2 aromatic rings. The predicted octanol–water partition coefficient (Wildman–Crippen LogP) is 2.59. The van der Waals surface area contributed by atoms with Crippen LogP contribution in [0.15, 0.2) is 12.3 Å². The van der Waals surface area contributed by atoms with Gasteiger partial charge in [-0.1, -0.05) is 23.2 Å². The SMILES string of the molecule is O=C(Nc1ncc(C#CCO)s1)c1cc2c(s1)CCSC2. The normalized spacial score (nSPS) is 13.2. The van der Waals surface area contributed by atoms with Crippen LogP contribution in [0.4, 0.5) is 5.13 Å². The molecule has 21 heavy (non-hydrogen) atoms. The van der Waals surface area contributed by atoms with Gasteiger partial charge in [0.1, 0.15) is 6.61 Å². The lowest BCUT2D eigenvalue weighted by Gasteiger charge is -2.08. The number of thioether (sulfide) groups is 1. The van der Waals surface area contributed by atoms with E-state index in [2.05, 4.69) is 22.1 Å². The molecule has 1 aliphatic heterocycles. The molecule has 4 nitrogen and oxygen atoms in total. The fourth-order valence-electron chi connectivity index (χ4n) is 1.93. The van der Waals surface area contributed by atoms with Gasteiger partial charge in [-0.3, -0.25) is 10.1 Å². The molecule has 0 unspecified atom stereocenters. The van der Waals surface area contributed by atoms with Crippen molar-refractivity contribution in [3.63, 3.8) is 0 Å². The number of aliphatic hydroxyl groups is 1. The Morgan fingerprint density at radius 3 is 3.19 bits per heavy atom. The molecule has 3 heterocycles. The van der Waals surface area contributed by atoms with Gasteiger partial charge in [0.2, 0.25) is 0 Å². The summed E-state index contributed by atoms with van der Waals surface area (Å²) in [6.45, 7) is -0.182. The fourth-order valence-corrected chi connectivity index (χ4v) is 4.89. The third-order valence-electron chi connectivity index (χ3n) is 2.87. The molecule has 1 aliphatic rings. The molecule has 0 saturated heterocycles. The van der Waals surface area contributed by atoms with Crippen molar-refractivity contribution in [2.75, 3.05) is 17.7 Å². The van der Waals surface area contributed by atoms with Crippen LogP contribution in [0.5, 0.6) is 0 Å². The molecule has 2 aromatic heterocycles. The second-order valence-corrected chi connectivity index (χ2v) is 7.58. The van der Waals surface area contributed by atoms with Crippen LogP contribution in [0.3, 0.4) is 0 Å². The van der Waals surface area contributed by atoms with Crippen molar-refractivity contribution in [1.29, 1.82) is 0 Å². The van der Waals surface area contributed by atoms with E-state index in [0.717, 1.165) is 27.7 Å². The van der Waals surface area contributed by atoms with Gasteiger partial charge in [0.25, 0.3) is 5.91 Å². The van der Waals surface area contributed by atoms with E-state index in [-0.39, 0.29) is 12.5 Å². The number of nitrogens with zero attached hydrogens (tertiary/aromatic N) is 1. The summed E-state index contributed by atoms with van der Waals surface area (Å²) in [6, 6.07) is 1.99. The lowest BCUT2D eigenvalue weighted by Crippen LogP contribution is -2.09. The van der Waals surface area contributed by atoms with Gasteiger partial charge in [0.05, 0.1) is 16.0 Å². The number of aryl methyl sites for hydroxylation is 1. The highest BCUT2D eigenvalue weighted by Gasteiger charge is 2.18. The van der Waals surface area contributed by atoms with Crippen LogP contribution in [-0.4, -0.2) is 28.4 Å². The number of thiophene rings is 1. The molecular formula is C14H12N2O2S3.